The van der Waals surface area contributed by atoms with E-state index < -0.39 is 0 Å². The van der Waals surface area contributed by atoms with Gasteiger partial charge in [0.2, 0.25) is 0 Å². The Balaban J connectivity index is 2.60. The van der Waals surface area contributed by atoms with Crippen LogP contribution in [0, 0.1) is 5.92 Å². The molecule has 1 fully saturated rings. The maximum atomic E-state index is 3.92. The zero-order valence-electron chi connectivity index (χ0n) is 9.77. The van der Waals surface area contributed by atoms with Crippen molar-refractivity contribution in [3.63, 3.8) is 0 Å². The van der Waals surface area contributed by atoms with Gasteiger partial charge in [-0.3, -0.25) is 0 Å². The van der Waals surface area contributed by atoms with E-state index in [0.29, 0.717) is 6.04 Å². The Labute approximate surface area is 88.3 Å². The van der Waals surface area contributed by atoms with Gasteiger partial charge in [0.15, 0.2) is 0 Å². The van der Waals surface area contributed by atoms with Gasteiger partial charge in [0, 0.05) is 6.04 Å². The van der Waals surface area contributed by atoms with Crippen LogP contribution in [0.2, 0.25) is 0 Å². The fourth-order valence-electron chi connectivity index (χ4n) is 1.91. The summed E-state index contributed by atoms with van der Waals surface area (Å²) in [5.41, 5.74) is 2.91. The van der Waals surface area contributed by atoms with Crippen LogP contribution in [0.5, 0.6) is 0 Å². The Hall–Kier alpha value is -0.560. The molecule has 0 aromatic rings. The predicted molar refractivity (Wildman–Crippen MR) is 63.4 cm³/mol. The molecule has 0 amide bonds. The first-order chi connectivity index (χ1) is 6.69. The predicted octanol–water partition coefficient (Wildman–Crippen LogP) is 3.29. The summed E-state index contributed by atoms with van der Waals surface area (Å²) in [6, 6.07) is 0.475. The quantitative estimate of drug-likeness (QED) is 0.661. The molecule has 1 aliphatic rings. The maximum absolute atomic E-state index is 3.92. The van der Waals surface area contributed by atoms with Crippen molar-refractivity contribution >= 4 is 0 Å². The van der Waals surface area contributed by atoms with Gasteiger partial charge in [-0.05, 0) is 38.8 Å². The number of hydrogen-bond acceptors (Lipinski definition) is 1. The Morgan fingerprint density at radius 1 is 1.57 bits per heavy atom. The van der Waals surface area contributed by atoms with Crippen molar-refractivity contribution in [1.29, 1.82) is 0 Å². The minimum absolute atomic E-state index is 0.475. The third kappa shape index (κ3) is 2.71. The van der Waals surface area contributed by atoms with Gasteiger partial charge in [-0.2, -0.15) is 0 Å². The summed E-state index contributed by atoms with van der Waals surface area (Å²) >= 11 is 0. The van der Waals surface area contributed by atoms with Crippen LogP contribution in [0.25, 0.3) is 0 Å². The van der Waals surface area contributed by atoms with Gasteiger partial charge >= 0.3 is 0 Å². The second-order valence-corrected chi connectivity index (χ2v) is 4.42. The van der Waals surface area contributed by atoms with Crippen LogP contribution in [-0.4, -0.2) is 13.1 Å². The van der Waals surface area contributed by atoms with Gasteiger partial charge in [0.05, 0.1) is 0 Å². The third-order valence-corrected chi connectivity index (χ3v) is 3.57. The van der Waals surface area contributed by atoms with Crippen LogP contribution < -0.4 is 5.32 Å². The van der Waals surface area contributed by atoms with Crippen LogP contribution in [0.1, 0.15) is 39.5 Å². The zero-order valence-corrected chi connectivity index (χ0v) is 9.77. The lowest BCUT2D eigenvalue weighted by atomic mass is 9.79. The smallest absolute Gasteiger partial charge is 0.0251 e. The van der Waals surface area contributed by atoms with Crippen LogP contribution >= 0.6 is 0 Å². The van der Waals surface area contributed by atoms with E-state index >= 15 is 0 Å². The molecule has 0 radical (unpaired) electrons. The molecule has 1 heteroatoms. The number of likely N-dealkylation sites (N-methyl/N-ethyl adjacent to an activating group) is 1. The highest BCUT2D eigenvalue weighted by molar-refractivity contribution is 5.26. The number of allylic oxidation sites excluding steroid dienone is 2. The number of nitrogens with one attached hydrogen (secondary N) is 1. The van der Waals surface area contributed by atoms with Crippen molar-refractivity contribution in [3.8, 4) is 0 Å². The highest BCUT2D eigenvalue weighted by atomic mass is 14.9. The van der Waals surface area contributed by atoms with Gasteiger partial charge in [-0.1, -0.05) is 37.5 Å². The first-order valence-corrected chi connectivity index (χ1v) is 5.68. The van der Waals surface area contributed by atoms with E-state index in [2.05, 4.69) is 25.7 Å². The summed E-state index contributed by atoms with van der Waals surface area (Å²) < 4.78 is 0. The third-order valence-electron chi connectivity index (χ3n) is 3.57. The SMILES string of the molecule is C=C/C(CC1CCC1)=C(/C)C(C)NC. The summed E-state index contributed by atoms with van der Waals surface area (Å²) in [5, 5.41) is 3.28. The molecule has 1 nitrogen and oxygen atoms in total. The Kier molecular flexibility index (Phi) is 4.40. The number of rotatable bonds is 5. The molecule has 1 unspecified atom stereocenters. The standard InChI is InChI=1S/C13H23N/c1-5-13(9-12-7-6-8-12)10(2)11(3)14-4/h5,11-12,14H,1,6-9H2,2-4H3/b13-10+. The molecule has 1 rings (SSSR count). The fourth-order valence-corrected chi connectivity index (χ4v) is 1.91. The van der Waals surface area contributed by atoms with E-state index in [1.807, 2.05) is 13.1 Å². The lowest BCUT2D eigenvalue weighted by molar-refractivity contribution is 0.314. The van der Waals surface area contributed by atoms with Crippen molar-refractivity contribution in [3.05, 3.63) is 23.8 Å². The first-order valence-electron chi connectivity index (χ1n) is 5.68. The topological polar surface area (TPSA) is 12.0 Å². The van der Waals surface area contributed by atoms with Crippen LogP contribution in [0.3, 0.4) is 0 Å². The number of hydrogen-bond donors (Lipinski definition) is 1. The molecule has 0 saturated heterocycles. The molecular formula is C13H23N. The van der Waals surface area contributed by atoms with E-state index in [9.17, 15) is 0 Å². The van der Waals surface area contributed by atoms with Gasteiger partial charge in [0.25, 0.3) is 0 Å². The van der Waals surface area contributed by atoms with Gasteiger partial charge in [-0.25, -0.2) is 0 Å². The van der Waals surface area contributed by atoms with E-state index in [1.54, 1.807) is 0 Å². The highest BCUT2D eigenvalue weighted by Crippen LogP contribution is 2.33. The largest absolute Gasteiger partial charge is 0.314 e. The molecule has 0 heterocycles. The van der Waals surface area contributed by atoms with Crippen molar-refractivity contribution in [1.82, 2.24) is 5.32 Å². The lowest BCUT2D eigenvalue weighted by Crippen LogP contribution is -2.24. The summed E-state index contributed by atoms with van der Waals surface area (Å²) in [6.07, 6.45) is 7.54. The average Bonchev–Trinajstić information content (AvgIpc) is 2.14. The van der Waals surface area contributed by atoms with Gasteiger partial charge in [0.1, 0.15) is 0 Å². The summed E-state index contributed by atoms with van der Waals surface area (Å²) in [4.78, 5) is 0. The molecule has 80 valence electrons. The highest BCUT2D eigenvalue weighted by Gasteiger charge is 2.19. The van der Waals surface area contributed by atoms with E-state index in [1.165, 1.54) is 36.8 Å². The monoisotopic (exact) mass is 193 g/mol. The van der Waals surface area contributed by atoms with Crippen LogP contribution in [-0.2, 0) is 0 Å². The van der Waals surface area contributed by atoms with Crippen molar-refractivity contribution in [2.24, 2.45) is 5.92 Å². The molecule has 1 N–H and O–H groups in total. The van der Waals surface area contributed by atoms with E-state index in [-0.39, 0.29) is 0 Å². The molecule has 0 aliphatic heterocycles. The zero-order chi connectivity index (χ0) is 10.6. The summed E-state index contributed by atoms with van der Waals surface area (Å²) in [7, 11) is 2.01. The molecular weight excluding hydrogens is 170 g/mol. The van der Waals surface area contributed by atoms with Crippen LogP contribution in [0.15, 0.2) is 23.8 Å². The van der Waals surface area contributed by atoms with Crippen molar-refractivity contribution in [2.75, 3.05) is 7.05 Å². The molecule has 0 aromatic heterocycles. The molecule has 0 aromatic carbocycles. The maximum Gasteiger partial charge on any atom is 0.0251 e. The molecule has 1 aliphatic carbocycles. The normalized spacial score (nSPS) is 21.1. The van der Waals surface area contributed by atoms with Crippen molar-refractivity contribution < 1.29 is 0 Å². The van der Waals surface area contributed by atoms with Gasteiger partial charge in [-0.15, -0.1) is 0 Å². The minimum Gasteiger partial charge on any atom is -0.314 e. The molecule has 0 spiro atoms. The summed E-state index contributed by atoms with van der Waals surface area (Å²) in [5.74, 6) is 0.932. The fraction of sp³-hybridized carbons (Fsp3) is 0.692. The van der Waals surface area contributed by atoms with E-state index in [0.717, 1.165) is 5.92 Å². The molecule has 14 heavy (non-hydrogen) atoms. The Morgan fingerprint density at radius 2 is 2.21 bits per heavy atom. The first kappa shape index (κ1) is 11.5. The van der Waals surface area contributed by atoms with Crippen molar-refractivity contribution in [2.45, 2.75) is 45.6 Å². The molecule has 0 bridgehead atoms. The Bertz CT molecular complexity index is 223. The van der Waals surface area contributed by atoms with Gasteiger partial charge < -0.3 is 5.32 Å². The summed E-state index contributed by atoms with van der Waals surface area (Å²) in [6.45, 7) is 8.35. The van der Waals surface area contributed by atoms with E-state index in [4.69, 9.17) is 0 Å². The molecule has 1 saturated carbocycles. The minimum atomic E-state index is 0.475. The molecule has 1 atom stereocenters. The second kappa shape index (κ2) is 5.35. The lowest BCUT2D eigenvalue weighted by Gasteiger charge is -2.27. The average molecular weight is 193 g/mol. The second-order valence-electron chi connectivity index (χ2n) is 4.42. The van der Waals surface area contributed by atoms with Crippen LogP contribution in [0.4, 0.5) is 0 Å². The Morgan fingerprint density at radius 3 is 2.57 bits per heavy atom.